The van der Waals surface area contributed by atoms with Crippen LogP contribution >= 0.6 is 0 Å². The van der Waals surface area contributed by atoms with Crippen molar-refractivity contribution in [2.24, 2.45) is 0 Å². The maximum Gasteiger partial charge on any atom is 0.361 e. The molecule has 0 fully saturated rings. The van der Waals surface area contributed by atoms with Crippen molar-refractivity contribution in [2.45, 2.75) is 328 Å². The summed E-state index contributed by atoms with van der Waals surface area (Å²) < 4.78 is 22.9. The molecule has 2 atom stereocenters. The number of carboxylic acids is 1. The fourth-order valence-corrected chi connectivity index (χ4v) is 9.52. The third kappa shape index (κ3) is 57.5. The molecule has 0 spiro atoms. The number of hydrogen-bond donors (Lipinski definition) is 1. The molecule has 2 unspecified atom stereocenters. The van der Waals surface area contributed by atoms with E-state index < -0.39 is 18.4 Å². The van der Waals surface area contributed by atoms with Crippen molar-refractivity contribution >= 4 is 17.9 Å². The van der Waals surface area contributed by atoms with Gasteiger partial charge >= 0.3 is 17.9 Å². The number of hydrogen-bond acceptors (Lipinski definition) is 7. The molecule has 0 aromatic carbocycles. The van der Waals surface area contributed by atoms with Crippen LogP contribution in [0.15, 0.2) is 24.3 Å². The van der Waals surface area contributed by atoms with E-state index >= 15 is 0 Å². The first kappa shape index (κ1) is 71.8. The van der Waals surface area contributed by atoms with Crippen molar-refractivity contribution in [1.82, 2.24) is 0 Å². The Labute approximate surface area is 458 Å². The third-order valence-electron chi connectivity index (χ3n) is 14.5. The van der Waals surface area contributed by atoms with Gasteiger partial charge in [0.25, 0.3) is 6.29 Å². The Hall–Kier alpha value is -2.23. The van der Waals surface area contributed by atoms with Gasteiger partial charge in [-0.15, -0.1) is 0 Å². The molecule has 0 aliphatic heterocycles. The zero-order valence-corrected chi connectivity index (χ0v) is 49.8. The molecule has 0 saturated heterocycles. The van der Waals surface area contributed by atoms with Crippen molar-refractivity contribution in [3.63, 3.8) is 0 Å². The summed E-state index contributed by atoms with van der Waals surface area (Å²) in [6.07, 6.45) is 65.6. The monoisotopic (exact) mass is 1050 g/mol. The number of rotatable bonds is 60. The number of esters is 2. The average Bonchev–Trinajstić information content (AvgIpc) is 3.37. The minimum atomic E-state index is -1.51. The second kappa shape index (κ2) is 57.0. The highest BCUT2D eigenvalue weighted by atomic mass is 16.7. The quantitative estimate of drug-likeness (QED) is 0.0211. The van der Waals surface area contributed by atoms with Gasteiger partial charge in [0.2, 0.25) is 0 Å². The van der Waals surface area contributed by atoms with Crippen LogP contribution < -0.4 is 0 Å². The van der Waals surface area contributed by atoms with Crippen LogP contribution in [0.2, 0.25) is 0 Å². The van der Waals surface area contributed by atoms with Crippen molar-refractivity contribution < 1.29 is 42.9 Å². The fourth-order valence-electron chi connectivity index (χ4n) is 9.52. The molecule has 0 aliphatic rings. The van der Waals surface area contributed by atoms with E-state index in [1.807, 2.05) is 21.1 Å². The summed E-state index contributed by atoms with van der Waals surface area (Å²) >= 11 is 0. The van der Waals surface area contributed by atoms with Gasteiger partial charge in [-0.05, 0) is 44.9 Å². The van der Waals surface area contributed by atoms with E-state index in [1.165, 1.54) is 244 Å². The summed E-state index contributed by atoms with van der Waals surface area (Å²) in [6, 6.07) is 0. The molecular formula is C65H124NO8+. The van der Waals surface area contributed by atoms with Gasteiger partial charge < -0.3 is 28.5 Å². The lowest BCUT2D eigenvalue weighted by Gasteiger charge is -2.25. The Morgan fingerprint density at radius 1 is 0.405 bits per heavy atom. The van der Waals surface area contributed by atoms with Gasteiger partial charge in [-0.2, -0.15) is 0 Å². The number of unbranched alkanes of at least 4 members (excludes halogenated alkanes) is 41. The Morgan fingerprint density at radius 2 is 0.730 bits per heavy atom. The summed E-state index contributed by atoms with van der Waals surface area (Å²) in [4.78, 5) is 37.5. The molecular weight excluding hydrogens is 923 g/mol. The number of nitrogens with zero attached hydrogens (tertiary/aromatic N) is 1. The van der Waals surface area contributed by atoms with Crippen molar-refractivity contribution in [2.75, 3.05) is 47.5 Å². The Balaban J connectivity index is 4.08. The minimum absolute atomic E-state index is 0.175. The number of carboxylic acid groups (broad SMARTS) is 1. The first-order valence-electron chi connectivity index (χ1n) is 32.0. The van der Waals surface area contributed by atoms with Crippen molar-refractivity contribution in [3.8, 4) is 0 Å². The first-order chi connectivity index (χ1) is 36.1. The van der Waals surface area contributed by atoms with Gasteiger partial charge in [-0.3, -0.25) is 9.59 Å². The molecule has 0 radical (unpaired) electrons. The molecule has 0 amide bonds. The van der Waals surface area contributed by atoms with Crippen LogP contribution in [0.25, 0.3) is 0 Å². The molecule has 9 heteroatoms. The lowest BCUT2D eigenvalue weighted by atomic mass is 10.0. The zero-order valence-electron chi connectivity index (χ0n) is 49.8. The lowest BCUT2D eigenvalue weighted by molar-refractivity contribution is -0.870. The molecule has 0 aromatic rings. The number of aliphatic carboxylic acids is 1. The van der Waals surface area contributed by atoms with Gasteiger partial charge in [0.05, 0.1) is 34.4 Å². The molecule has 0 saturated carbocycles. The van der Waals surface area contributed by atoms with Gasteiger partial charge in [0.15, 0.2) is 6.10 Å². The largest absolute Gasteiger partial charge is 0.477 e. The van der Waals surface area contributed by atoms with Crippen LogP contribution in [0.4, 0.5) is 0 Å². The van der Waals surface area contributed by atoms with Crippen LogP contribution in [0.1, 0.15) is 316 Å². The number of allylic oxidation sites excluding steroid dienone is 4. The fraction of sp³-hybridized carbons (Fsp3) is 0.892. The van der Waals surface area contributed by atoms with E-state index in [0.717, 1.165) is 44.9 Å². The van der Waals surface area contributed by atoms with E-state index in [9.17, 15) is 19.5 Å². The van der Waals surface area contributed by atoms with E-state index in [-0.39, 0.29) is 38.2 Å². The van der Waals surface area contributed by atoms with Gasteiger partial charge in [0.1, 0.15) is 13.2 Å². The van der Waals surface area contributed by atoms with Crippen LogP contribution in [0.3, 0.4) is 0 Å². The summed E-state index contributed by atoms with van der Waals surface area (Å²) in [6.45, 7) is 4.93. The highest BCUT2D eigenvalue weighted by Gasteiger charge is 2.25. The molecule has 9 nitrogen and oxygen atoms in total. The first-order valence-corrected chi connectivity index (χ1v) is 32.0. The van der Waals surface area contributed by atoms with Gasteiger partial charge in [-0.25, -0.2) is 4.79 Å². The van der Waals surface area contributed by atoms with E-state index in [4.69, 9.17) is 18.9 Å². The SMILES string of the molecule is CCCCCCC/C=C\C/C=C\CCCCCCCCCCCCCCCCCCCCCC(=O)OC(COC(=O)CCCCCCCCCCCCCCCCCCCC)COC(OCC[N+](C)(C)C)C(=O)O. The third-order valence-corrected chi connectivity index (χ3v) is 14.5. The molecule has 0 heterocycles. The number of likely N-dealkylation sites (N-methyl/N-ethyl adjacent to an activating group) is 1. The summed E-state index contributed by atoms with van der Waals surface area (Å²) in [5.41, 5.74) is 0. The average molecular weight is 1050 g/mol. The second-order valence-corrected chi connectivity index (χ2v) is 23.1. The van der Waals surface area contributed by atoms with Crippen LogP contribution in [0, 0.1) is 0 Å². The Kier molecular flexibility index (Phi) is 55.2. The zero-order chi connectivity index (χ0) is 54.1. The maximum absolute atomic E-state index is 12.9. The van der Waals surface area contributed by atoms with Crippen molar-refractivity contribution in [1.29, 1.82) is 0 Å². The smallest absolute Gasteiger partial charge is 0.361 e. The van der Waals surface area contributed by atoms with Crippen LogP contribution in [-0.2, 0) is 33.3 Å². The Bertz CT molecular complexity index is 1260. The standard InChI is InChI=1S/C65H123NO8/c1-6-8-10-12-14-16-18-20-22-24-26-27-28-29-30-31-32-33-34-35-36-37-38-40-42-44-46-48-50-52-54-56-63(68)74-61(60-73-65(64(69)70)71-58-57-66(3,4)5)59-72-62(67)55-53-51-49-47-45-43-41-39-25-23-21-19-17-15-13-11-9-7-2/h18,20,24,26,61,65H,6-17,19,21-23,25,27-60H2,1-5H3/p+1/b20-18-,26-24-. The summed E-state index contributed by atoms with van der Waals surface area (Å²) in [5, 5.41) is 9.72. The molecule has 0 bridgehead atoms. The number of ether oxygens (including phenoxy) is 4. The normalized spacial score (nSPS) is 12.8. The van der Waals surface area contributed by atoms with Gasteiger partial charge in [-0.1, -0.05) is 282 Å². The van der Waals surface area contributed by atoms with Crippen LogP contribution in [-0.4, -0.2) is 87.4 Å². The summed E-state index contributed by atoms with van der Waals surface area (Å²) in [7, 11) is 5.98. The molecule has 1 N–H and O–H groups in total. The van der Waals surface area contributed by atoms with Crippen molar-refractivity contribution in [3.05, 3.63) is 24.3 Å². The predicted octanol–water partition coefficient (Wildman–Crippen LogP) is 19.1. The number of carbonyl (C=O) groups excluding carboxylic acids is 2. The highest BCUT2D eigenvalue weighted by Crippen LogP contribution is 2.18. The highest BCUT2D eigenvalue weighted by molar-refractivity contribution is 5.71. The number of carbonyl (C=O) groups is 3. The van der Waals surface area contributed by atoms with Gasteiger partial charge in [0, 0.05) is 12.8 Å². The minimum Gasteiger partial charge on any atom is -0.477 e. The predicted molar refractivity (Wildman–Crippen MR) is 314 cm³/mol. The molecule has 436 valence electrons. The van der Waals surface area contributed by atoms with E-state index in [0.29, 0.717) is 17.4 Å². The second-order valence-electron chi connectivity index (χ2n) is 23.1. The molecule has 0 aliphatic carbocycles. The topological polar surface area (TPSA) is 108 Å². The van der Waals surface area contributed by atoms with E-state index in [1.54, 1.807) is 0 Å². The maximum atomic E-state index is 12.9. The molecule has 0 rings (SSSR count). The number of quaternary nitrogens is 1. The molecule has 74 heavy (non-hydrogen) atoms. The lowest BCUT2D eigenvalue weighted by Crippen LogP contribution is -2.40. The van der Waals surface area contributed by atoms with Crippen LogP contribution in [0.5, 0.6) is 0 Å². The summed E-state index contributed by atoms with van der Waals surface area (Å²) in [5.74, 6) is -1.98. The molecule has 0 aromatic heterocycles. The Morgan fingerprint density at radius 3 is 1.07 bits per heavy atom. The van der Waals surface area contributed by atoms with E-state index in [2.05, 4.69) is 38.2 Å².